The number of anilines is 3. The molecule has 1 aromatic rings. The second kappa shape index (κ2) is 8.21. The maximum Gasteiger partial charge on any atom is 0.256 e. The van der Waals surface area contributed by atoms with E-state index in [2.05, 4.69) is 81.0 Å². The zero-order chi connectivity index (χ0) is 24.1. The van der Waals surface area contributed by atoms with E-state index in [4.69, 9.17) is 0 Å². The van der Waals surface area contributed by atoms with Crippen LogP contribution >= 0.6 is 0 Å². The topological polar surface area (TPSA) is 142 Å². The molecule has 0 radical (unpaired) electrons. The molecule has 0 bridgehead atoms. The molecule has 11 heteroatoms. The third-order valence-electron chi connectivity index (χ3n) is 6.15. The number of aromatic nitrogens is 3. The van der Waals surface area contributed by atoms with Gasteiger partial charge in [-0.15, -0.1) is 0 Å². The van der Waals surface area contributed by atoms with E-state index in [1.165, 1.54) is 0 Å². The van der Waals surface area contributed by atoms with Gasteiger partial charge in [0.15, 0.2) is 0 Å². The van der Waals surface area contributed by atoms with Crippen molar-refractivity contribution in [2.24, 2.45) is 0 Å². The van der Waals surface area contributed by atoms with Crippen molar-refractivity contribution in [2.45, 2.75) is 115 Å². The zero-order valence-electron chi connectivity index (χ0n) is 20.6. The normalized spacial score (nSPS) is 24.7. The molecule has 32 heavy (non-hydrogen) atoms. The summed E-state index contributed by atoms with van der Waals surface area (Å²) in [6.45, 7) is 16.7. The minimum atomic E-state index is -0.257. The smallest absolute Gasteiger partial charge is 0.256 e. The zero-order valence-corrected chi connectivity index (χ0v) is 20.6. The molecule has 3 heterocycles. The molecule has 1 aromatic heterocycles. The van der Waals surface area contributed by atoms with Crippen molar-refractivity contribution in [1.82, 2.24) is 25.6 Å². The molecule has 0 spiro atoms. The number of rotatable bonds is 5. The third kappa shape index (κ3) is 5.76. The van der Waals surface area contributed by atoms with Crippen LogP contribution in [-0.2, 0) is 0 Å². The predicted octanol–water partition coefficient (Wildman–Crippen LogP) is 2.68. The molecule has 0 aliphatic carbocycles. The van der Waals surface area contributed by atoms with Crippen molar-refractivity contribution >= 4 is 17.8 Å². The third-order valence-corrected chi connectivity index (χ3v) is 6.15. The van der Waals surface area contributed by atoms with Gasteiger partial charge in [0.1, 0.15) is 0 Å². The first-order valence-electron chi connectivity index (χ1n) is 11.2. The lowest BCUT2D eigenvalue weighted by molar-refractivity contribution is 0.0976. The molecule has 2 saturated heterocycles. The Balaban J connectivity index is 1.90. The Labute approximate surface area is 190 Å². The molecule has 0 saturated carbocycles. The first-order valence-corrected chi connectivity index (χ1v) is 11.2. The summed E-state index contributed by atoms with van der Waals surface area (Å²) >= 11 is 0. The van der Waals surface area contributed by atoms with Crippen molar-refractivity contribution in [3.8, 4) is 0 Å². The molecular weight excluding hydrogens is 412 g/mol. The lowest BCUT2D eigenvalue weighted by atomic mass is 9.79. The fourth-order valence-electron chi connectivity index (χ4n) is 5.82. The Kier molecular flexibility index (Phi) is 6.37. The van der Waals surface area contributed by atoms with Crippen LogP contribution in [-0.4, -0.2) is 64.8 Å². The minimum absolute atomic E-state index is 0.0310. The van der Waals surface area contributed by atoms with Gasteiger partial charge in [0.2, 0.25) is 0 Å². The van der Waals surface area contributed by atoms with E-state index in [1.54, 1.807) is 0 Å². The van der Waals surface area contributed by atoms with Gasteiger partial charge in [0.25, 0.3) is 17.8 Å². The van der Waals surface area contributed by atoms with Crippen LogP contribution in [0.4, 0.5) is 17.8 Å². The van der Waals surface area contributed by atoms with E-state index in [-0.39, 0.29) is 52.1 Å². The van der Waals surface area contributed by atoms with Crippen LogP contribution in [0.3, 0.4) is 0 Å². The summed E-state index contributed by atoms with van der Waals surface area (Å²) in [4.78, 5) is 12.6. The first kappa shape index (κ1) is 24.8. The highest BCUT2D eigenvalue weighted by molar-refractivity contribution is 5.43. The number of hydroxylamine groups is 2. The molecule has 0 amide bonds. The predicted molar refractivity (Wildman–Crippen MR) is 122 cm³/mol. The van der Waals surface area contributed by atoms with Gasteiger partial charge in [-0.1, -0.05) is 0 Å². The SMILES string of the molecule is CC1(C)CC(N(O)c2nc(NO)nc(N(O)C3CC(C)(C)NC(C)(C)C3)n2)CC(C)(C)N1. The Hall–Kier alpha value is -1.79. The van der Waals surface area contributed by atoms with Crippen molar-refractivity contribution < 1.29 is 15.6 Å². The van der Waals surface area contributed by atoms with E-state index < -0.39 is 0 Å². The van der Waals surface area contributed by atoms with Gasteiger partial charge in [-0.05, 0) is 81.1 Å². The lowest BCUT2D eigenvalue weighted by Gasteiger charge is -2.48. The van der Waals surface area contributed by atoms with Crippen LogP contribution in [0, 0.1) is 0 Å². The standard InChI is InChI=1S/C21H40N8O3/c1-18(2)9-13(10-19(3,4)26-18)28(31)16-22-15(25-30)23-17(24-16)29(32)14-11-20(5,6)27-21(7,8)12-14/h13-14,26-27,30-32H,9-12H2,1-8H3,(H,22,23,24,25). The fraction of sp³-hybridized carbons (Fsp3) is 0.857. The maximum absolute atomic E-state index is 11.0. The summed E-state index contributed by atoms with van der Waals surface area (Å²) in [5.41, 5.74) is 1.13. The lowest BCUT2D eigenvalue weighted by Crippen LogP contribution is -2.62. The van der Waals surface area contributed by atoms with Crippen molar-refractivity contribution in [3.63, 3.8) is 0 Å². The molecule has 2 aliphatic rings. The van der Waals surface area contributed by atoms with E-state index in [0.717, 1.165) is 10.1 Å². The average Bonchev–Trinajstić information content (AvgIpc) is 2.61. The summed E-state index contributed by atoms with van der Waals surface area (Å²) < 4.78 is 0. The number of nitrogens with zero attached hydrogens (tertiary/aromatic N) is 5. The largest absolute Gasteiger partial charge is 0.307 e. The van der Waals surface area contributed by atoms with Gasteiger partial charge in [0.05, 0.1) is 12.1 Å². The van der Waals surface area contributed by atoms with Gasteiger partial charge in [-0.25, -0.2) is 15.6 Å². The monoisotopic (exact) mass is 452 g/mol. The van der Waals surface area contributed by atoms with Gasteiger partial charge in [0, 0.05) is 22.2 Å². The molecule has 11 nitrogen and oxygen atoms in total. The van der Waals surface area contributed by atoms with E-state index in [1.807, 2.05) is 5.48 Å². The van der Waals surface area contributed by atoms with Crippen LogP contribution in [0.1, 0.15) is 81.1 Å². The number of piperidine rings is 2. The summed E-state index contributed by atoms with van der Waals surface area (Å²) in [5.74, 6) is -0.212. The van der Waals surface area contributed by atoms with E-state index >= 15 is 0 Å². The van der Waals surface area contributed by atoms with Crippen LogP contribution in [0.5, 0.6) is 0 Å². The van der Waals surface area contributed by atoms with Gasteiger partial charge >= 0.3 is 0 Å². The van der Waals surface area contributed by atoms with Crippen LogP contribution in [0.2, 0.25) is 0 Å². The number of nitrogens with one attached hydrogen (secondary N) is 3. The molecule has 2 fully saturated rings. The summed E-state index contributed by atoms with van der Waals surface area (Å²) in [7, 11) is 0. The molecule has 0 unspecified atom stereocenters. The Bertz CT molecular complexity index is 735. The van der Waals surface area contributed by atoms with Crippen molar-refractivity contribution in [3.05, 3.63) is 0 Å². The van der Waals surface area contributed by atoms with Crippen LogP contribution in [0.25, 0.3) is 0 Å². The average molecular weight is 453 g/mol. The van der Waals surface area contributed by atoms with Crippen LogP contribution in [0.15, 0.2) is 0 Å². The first-order chi connectivity index (χ1) is 14.5. The second-order valence-electron chi connectivity index (χ2n) is 12.0. The Morgan fingerprint density at radius 1 is 0.688 bits per heavy atom. The highest BCUT2D eigenvalue weighted by Gasteiger charge is 2.42. The van der Waals surface area contributed by atoms with Gasteiger partial charge in [-0.3, -0.25) is 15.6 Å². The second-order valence-corrected chi connectivity index (χ2v) is 12.0. The molecule has 6 N–H and O–H groups in total. The molecule has 2 aliphatic heterocycles. The van der Waals surface area contributed by atoms with Crippen molar-refractivity contribution in [1.29, 1.82) is 0 Å². The van der Waals surface area contributed by atoms with E-state index in [9.17, 15) is 15.6 Å². The molecule has 0 atom stereocenters. The fourth-order valence-corrected chi connectivity index (χ4v) is 5.82. The molecule has 3 rings (SSSR count). The highest BCUT2D eigenvalue weighted by atomic mass is 16.5. The molecule has 182 valence electrons. The van der Waals surface area contributed by atoms with Crippen LogP contribution < -0.4 is 26.2 Å². The van der Waals surface area contributed by atoms with Gasteiger partial charge < -0.3 is 10.6 Å². The maximum atomic E-state index is 11.0. The minimum Gasteiger partial charge on any atom is -0.307 e. The number of hydrogen-bond donors (Lipinski definition) is 6. The summed E-state index contributed by atoms with van der Waals surface area (Å²) in [6, 6.07) is -0.515. The number of hydrogen-bond acceptors (Lipinski definition) is 11. The highest BCUT2D eigenvalue weighted by Crippen LogP contribution is 2.34. The Morgan fingerprint density at radius 3 is 1.28 bits per heavy atom. The quantitative estimate of drug-likeness (QED) is 0.367. The Morgan fingerprint density at radius 2 is 1.00 bits per heavy atom. The van der Waals surface area contributed by atoms with E-state index in [0.29, 0.717) is 25.7 Å². The summed E-state index contributed by atoms with van der Waals surface area (Å²) in [6.07, 6.45) is 2.65. The summed E-state index contributed by atoms with van der Waals surface area (Å²) in [5, 5.41) is 40.8. The van der Waals surface area contributed by atoms with Gasteiger partial charge in [-0.2, -0.15) is 15.0 Å². The van der Waals surface area contributed by atoms with Crippen molar-refractivity contribution in [2.75, 3.05) is 15.6 Å². The molecule has 0 aromatic carbocycles. The molecular formula is C21H40N8O3.